The van der Waals surface area contributed by atoms with E-state index in [1.54, 1.807) is 0 Å². The lowest BCUT2D eigenvalue weighted by atomic mass is 10.3. The first-order chi connectivity index (χ1) is 7.61. The average molecular weight is 219 g/mol. The standard InChI is InChI=1S/C9H9N5O2/c10-2-5-3-12-9(13-8(5)11)14-4-6(15)1-7(14)16/h3,6,15H,1,4H2,(H2,11,12,13). The lowest BCUT2D eigenvalue weighted by Gasteiger charge is -2.13. The van der Waals surface area contributed by atoms with E-state index in [9.17, 15) is 9.90 Å². The molecule has 1 aliphatic rings. The van der Waals surface area contributed by atoms with Gasteiger partial charge < -0.3 is 10.8 Å². The van der Waals surface area contributed by atoms with Gasteiger partial charge in [-0.1, -0.05) is 0 Å². The average Bonchev–Trinajstić information content (AvgIpc) is 2.58. The highest BCUT2D eigenvalue weighted by atomic mass is 16.3. The zero-order valence-electron chi connectivity index (χ0n) is 8.29. The summed E-state index contributed by atoms with van der Waals surface area (Å²) in [6, 6.07) is 1.83. The summed E-state index contributed by atoms with van der Waals surface area (Å²) < 4.78 is 0. The maximum absolute atomic E-state index is 11.4. The van der Waals surface area contributed by atoms with Crippen molar-refractivity contribution in [3.8, 4) is 6.07 Å². The highest BCUT2D eigenvalue weighted by Gasteiger charge is 2.31. The van der Waals surface area contributed by atoms with Gasteiger partial charge in [-0.25, -0.2) is 4.98 Å². The largest absolute Gasteiger partial charge is 0.391 e. The number of nitriles is 1. The molecule has 1 aliphatic heterocycles. The van der Waals surface area contributed by atoms with Crippen molar-refractivity contribution < 1.29 is 9.90 Å². The predicted octanol–water partition coefficient (Wildman–Crippen LogP) is -0.972. The predicted molar refractivity (Wildman–Crippen MR) is 54.1 cm³/mol. The molecule has 1 saturated heterocycles. The summed E-state index contributed by atoms with van der Waals surface area (Å²) in [5, 5.41) is 17.9. The third kappa shape index (κ3) is 1.66. The summed E-state index contributed by atoms with van der Waals surface area (Å²) in [6.45, 7) is 0.157. The number of hydrogen-bond donors (Lipinski definition) is 2. The number of nitrogens with two attached hydrogens (primary N) is 1. The Morgan fingerprint density at radius 3 is 2.94 bits per heavy atom. The fourth-order valence-electron chi connectivity index (χ4n) is 1.48. The van der Waals surface area contributed by atoms with Crippen LogP contribution in [0.2, 0.25) is 0 Å². The molecule has 2 rings (SSSR count). The third-order valence-electron chi connectivity index (χ3n) is 2.27. The van der Waals surface area contributed by atoms with Crippen LogP contribution in [0.4, 0.5) is 11.8 Å². The van der Waals surface area contributed by atoms with Crippen LogP contribution in [-0.2, 0) is 4.79 Å². The van der Waals surface area contributed by atoms with Crippen molar-refractivity contribution in [1.82, 2.24) is 9.97 Å². The number of hydrogen-bond acceptors (Lipinski definition) is 6. The second-order valence-electron chi connectivity index (χ2n) is 3.44. The Labute approximate surface area is 91.1 Å². The number of nitrogen functional groups attached to an aromatic ring is 1. The first kappa shape index (κ1) is 10.3. The molecular formula is C9H9N5O2. The monoisotopic (exact) mass is 219 g/mol. The van der Waals surface area contributed by atoms with Crippen molar-refractivity contribution in [3.63, 3.8) is 0 Å². The van der Waals surface area contributed by atoms with Crippen molar-refractivity contribution in [2.45, 2.75) is 12.5 Å². The maximum atomic E-state index is 11.4. The van der Waals surface area contributed by atoms with Crippen molar-refractivity contribution >= 4 is 17.7 Å². The van der Waals surface area contributed by atoms with E-state index >= 15 is 0 Å². The van der Waals surface area contributed by atoms with Crippen LogP contribution in [0, 0.1) is 11.3 Å². The molecule has 82 valence electrons. The number of rotatable bonds is 1. The van der Waals surface area contributed by atoms with E-state index in [4.69, 9.17) is 11.0 Å². The van der Waals surface area contributed by atoms with Crippen LogP contribution < -0.4 is 10.6 Å². The summed E-state index contributed by atoms with van der Waals surface area (Å²) in [5.74, 6) is -0.101. The normalized spacial score (nSPS) is 19.9. The van der Waals surface area contributed by atoms with Crippen LogP contribution in [0.3, 0.4) is 0 Å². The summed E-state index contributed by atoms with van der Waals surface area (Å²) in [4.78, 5) is 20.4. The fourth-order valence-corrected chi connectivity index (χ4v) is 1.48. The van der Waals surface area contributed by atoms with Crippen molar-refractivity contribution in [3.05, 3.63) is 11.8 Å². The lowest BCUT2D eigenvalue weighted by Crippen LogP contribution is -2.27. The Hall–Kier alpha value is -2.20. The van der Waals surface area contributed by atoms with Gasteiger partial charge in [0.25, 0.3) is 0 Å². The molecule has 0 saturated carbocycles. The van der Waals surface area contributed by atoms with Gasteiger partial charge in [0, 0.05) is 0 Å². The van der Waals surface area contributed by atoms with Crippen LogP contribution in [0.25, 0.3) is 0 Å². The number of anilines is 2. The maximum Gasteiger partial charge on any atom is 0.234 e. The summed E-state index contributed by atoms with van der Waals surface area (Å²) in [5.41, 5.74) is 5.67. The smallest absolute Gasteiger partial charge is 0.234 e. The number of aromatic nitrogens is 2. The van der Waals surface area contributed by atoms with Crippen LogP contribution >= 0.6 is 0 Å². The molecule has 1 fully saturated rings. The Bertz CT molecular complexity index is 481. The Morgan fingerprint density at radius 1 is 1.69 bits per heavy atom. The minimum absolute atomic E-state index is 0.0293. The molecule has 2 heterocycles. The summed E-state index contributed by atoms with van der Waals surface area (Å²) >= 11 is 0. The molecular weight excluding hydrogens is 210 g/mol. The molecule has 3 N–H and O–H groups in total. The molecule has 0 aromatic carbocycles. The van der Waals surface area contributed by atoms with Gasteiger partial charge in [-0.05, 0) is 0 Å². The minimum atomic E-state index is -0.701. The van der Waals surface area contributed by atoms with Gasteiger partial charge in [-0.15, -0.1) is 0 Å². The van der Waals surface area contributed by atoms with Crippen LogP contribution in [-0.4, -0.2) is 33.6 Å². The van der Waals surface area contributed by atoms with E-state index in [1.807, 2.05) is 6.07 Å². The highest BCUT2D eigenvalue weighted by Crippen LogP contribution is 2.19. The molecule has 7 heteroatoms. The quantitative estimate of drug-likeness (QED) is 0.627. The molecule has 0 bridgehead atoms. The van der Waals surface area contributed by atoms with Gasteiger partial charge in [0.15, 0.2) is 0 Å². The number of aliphatic hydroxyl groups is 1. The van der Waals surface area contributed by atoms with Crippen molar-refractivity contribution in [2.24, 2.45) is 0 Å². The van der Waals surface area contributed by atoms with E-state index in [-0.39, 0.29) is 36.2 Å². The van der Waals surface area contributed by atoms with E-state index < -0.39 is 6.10 Å². The van der Waals surface area contributed by atoms with Gasteiger partial charge in [0.1, 0.15) is 17.5 Å². The van der Waals surface area contributed by atoms with E-state index in [0.717, 1.165) is 0 Å². The number of carbonyl (C=O) groups excluding carboxylic acids is 1. The minimum Gasteiger partial charge on any atom is -0.391 e. The number of aliphatic hydroxyl groups excluding tert-OH is 1. The molecule has 1 amide bonds. The van der Waals surface area contributed by atoms with Crippen LogP contribution in [0.15, 0.2) is 6.20 Å². The molecule has 1 aromatic heterocycles. The molecule has 7 nitrogen and oxygen atoms in total. The zero-order chi connectivity index (χ0) is 11.7. The van der Waals surface area contributed by atoms with Gasteiger partial charge in [0.05, 0.1) is 25.3 Å². The van der Waals surface area contributed by atoms with E-state index in [2.05, 4.69) is 9.97 Å². The number of nitrogens with zero attached hydrogens (tertiary/aromatic N) is 4. The number of amides is 1. The first-order valence-electron chi connectivity index (χ1n) is 4.63. The van der Waals surface area contributed by atoms with Crippen molar-refractivity contribution in [1.29, 1.82) is 5.26 Å². The molecule has 0 aliphatic carbocycles. The van der Waals surface area contributed by atoms with Crippen LogP contribution in [0.1, 0.15) is 12.0 Å². The molecule has 16 heavy (non-hydrogen) atoms. The third-order valence-corrected chi connectivity index (χ3v) is 2.27. The fraction of sp³-hybridized carbons (Fsp3) is 0.333. The Kier molecular flexibility index (Phi) is 2.42. The second kappa shape index (κ2) is 3.75. The molecule has 1 unspecified atom stereocenters. The molecule has 1 atom stereocenters. The lowest BCUT2D eigenvalue weighted by molar-refractivity contribution is -0.117. The Balaban J connectivity index is 2.32. The van der Waals surface area contributed by atoms with Gasteiger partial charge in [-0.2, -0.15) is 10.2 Å². The molecule has 0 spiro atoms. The molecule has 1 aromatic rings. The SMILES string of the molecule is N#Cc1cnc(N2CC(O)CC2=O)nc1N. The first-order valence-corrected chi connectivity index (χ1v) is 4.63. The highest BCUT2D eigenvalue weighted by molar-refractivity contribution is 5.94. The second-order valence-corrected chi connectivity index (χ2v) is 3.44. The zero-order valence-corrected chi connectivity index (χ0v) is 8.29. The molecule has 0 radical (unpaired) electrons. The summed E-state index contributed by atoms with van der Waals surface area (Å²) in [7, 11) is 0. The van der Waals surface area contributed by atoms with Gasteiger partial charge in [-0.3, -0.25) is 9.69 Å². The summed E-state index contributed by atoms with van der Waals surface area (Å²) in [6.07, 6.45) is 0.617. The van der Waals surface area contributed by atoms with Gasteiger partial charge in [0.2, 0.25) is 11.9 Å². The van der Waals surface area contributed by atoms with E-state index in [1.165, 1.54) is 11.1 Å². The van der Waals surface area contributed by atoms with E-state index in [0.29, 0.717) is 0 Å². The topological polar surface area (TPSA) is 116 Å². The van der Waals surface area contributed by atoms with Gasteiger partial charge >= 0.3 is 0 Å². The number of carbonyl (C=O) groups is 1. The van der Waals surface area contributed by atoms with Crippen molar-refractivity contribution in [2.75, 3.05) is 17.2 Å². The Morgan fingerprint density at radius 2 is 2.44 bits per heavy atom. The van der Waals surface area contributed by atoms with Crippen LogP contribution in [0.5, 0.6) is 0 Å². The number of β-amino-alcohol motifs (C(OH)–C–C–N with tert-alkyl or cyclic N) is 1.